The molecule has 0 bridgehead atoms. The Morgan fingerprint density at radius 2 is 1.67 bits per heavy atom. The molecule has 0 saturated carbocycles. The van der Waals surface area contributed by atoms with Crippen molar-refractivity contribution in [3.05, 3.63) is 83.4 Å². The van der Waals surface area contributed by atoms with Crippen LogP contribution in [0.3, 0.4) is 0 Å². The second-order valence-corrected chi connectivity index (χ2v) is 6.68. The van der Waals surface area contributed by atoms with Gasteiger partial charge < -0.3 is 14.0 Å². The predicted octanol–water partition coefficient (Wildman–Crippen LogP) is 5.58. The van der Waals surface area contributed by atoms with Gasteiger partial charge in [-0.2, -0.15) is 4.98 Å². The van der Waals surface area contributed by atoms with Crippen molar-refractivity contribution >= 4 is 0 Å². The van der Waals surface area contributed by atoms with Crippen molar-refractivity contribution in [3.8, 4) is 34.3 Å². The molecule has 1 heterocycles. The molecule has 3 aromatic carbocycles. The number of hydrogen-bond donors (Lipinski definition) is 0. The van der Waals surface area contributed by atoms with E-state index in [1.54, 1.807) is 18.2 Å². The highest BCUT2D eigenvalue weighted by atomic mass is 19.1. The van der Waals surface area contributed by atoms with E-state index < -0.39 is 11.6 Å². The number of benzene rings is 3. The maximum Gasteiger partial charge on any atom is 0.258 e. The Bertz CT molecular complexity index is 1170. The van der Waals surface area contributed by atoms with Crippen molar-refractivity contribution in [3.63, 3.8) is 0 Å². The fourth-order valence-corrected chi connectivity index (χ4v) is 2.87. The first-order chi connectivity index (χ1) is 14.5. The number of rotatable bonds is 6. The van der Waals surface area contributed by atoms with Gasteiger partial charge in [0, 0.05) is 22.8 Å². The Morgan fingerprint density at radius 3 is 2.40 bits per heavy atom. The van der Waals surface area contributed by atoms with Gasteiger partial charge in [-0.15, -0.1) is 0 Å². The van der Waals surface area contributed by atoms with Crippen LogP contribution in [0.1, 0.15) is 11.1 Å². The molecule has 0 unspecified atom stereocenters. The number of aryl methyl sites for hydroxylation is 1. The van der Waals surface area contributed by atoms with E-state index in [4.69, 9.17) is 14.0 Å². The average molecular weight is 408 g/mol. The molecule has 0 aliphatic heterocycles. The zero-order valence-corrected chi connectivity index (χ0v) is 16.4. The lowest BCUT2D eigenvalue weighted by molar-refractivity contribution is 0.279. The molecule has 4 rings (SSSR count). The van der Waals surface area contributed by atoms with Gasteiger partial charge in [0.1, 0.15) is 18.2 Å². The summed E-state index contributed by atoms with van der Waals surface area (Å²) in [5, 5.41) is 4.04. The van der Waals surface area contributed by atoms with Gasteiger partial charge >= 0.3 is 0 Å². The minimum atomic E-state index is -0.666. The molecule has 0 amide bonds. The van der Waals surface area contributed by atoms with E-state index in [-0.39, 0.29) is 12.2 Å². The van der Waals surface area contributed by atoms with Gasteiger partial charge in [-0.25, -0.2) is 8.78 Å². The molecule has 0 N–H and O–H groups in total. The zero-order valence-electron chi connectivity index (χ0n) is 16.4. The SMILES string of the molecule is COc1cc(-c2noc(-c3ccc(C)cc3)n2)ccc1OCc1ccc(F)cc1F. The van der Waals surface area contributed by atoms with Crippen LogP contribution < -0.4 is 9.47 Å². The molecule has 0 aliphatic carbocycles. The first-order valence-electron chi connectivity index (χ1n) is 9.19. The smallest absolute Gasteiger partial charge is 0.258 e. The van der Waals surface area contributed by atoms with Crippen LogP contribution in [0, 0.1) is 18.6 Å². The van der Waals surface area contributed by atoms with E-state index in [2.05, 4.69) is 10.1 Å². The number of methoxy groups -OCH3 is 1. The summed E-state index contributed by atoms with van der Waals surface area (Å²) >= 11 is 0. The third-order valence-corrected chi connectivity index (χ3v) is 4.54. The number of aromatic nitrogens is 2. The Hall–Kier alpha value is -3.74. The Labute approximate surface area is 171 Å². The van der Waals surface area contributed by atoms with Crippen LogP contribution in [-0.4, -0.2) is 17.3 Å². The molecule has 4 aromatic rings. The normalized spacial score (nSPS) is 10.8. The number of halogens is 2. The molecular formula is C23H18F2N2O3. The summed E-state index contributed by atoms with van der Waals surface area (Å²) in [6, 6.07) is 16.3. The zero-order chi connectivity index (χ0) is 21.1. The van der Waals surface area contributed by atoms with E-state index in [0.717, 1.165) is 17.2 Å². The van der Waals surface area contributed by atoms with Crippen LogP contribution in [-0.2, 0) is 6.61 Å². The van der Waals surface area contributed by atoms with Crippen molar-refractivity contribution in [1.29, 1.82) is 0 Å². The highest BCUT2D eigenvalue weighted by Gasteiger charge is 2.14. The van der Waals surface area contributed by atoms with Crippen molar-refractivity contribution in [2.45, 2.75) is 13.5 Å². The molecule has 152 valence electrons. The largest absolute Gasteiger partial charge is 0.493 e. The molecule has 0 fully saturated rings. The minimum absolute atomic E-state index is 0.0679. The van der Waals surface area contributed by atoms with Crippen LogP contribution in [0.4, 0.5) is 8.78 Å². The summed E-state index contributed by atoms with van der Waals surface area (Å²) in [5.74, 6) is 0.351. The standard InChI is InChI=1S/C23H18F2N2O3/c1-14-3-5-15(6-4-14)23-26-22(27-30-23)16-8-10-20(21(11-16)28-2)29-13-17-7-9-18(24)12-19(17)25/h3-12H,13H2,1-2H3. The van der Waals surface area contributed by atoms with Gasteiger partial charge in [-0.3, -0.25) is 0 Å². The van der Waals surface area contributed by atoms with E-state index >= 15 is 0 Å². The molecule has 0 spiro atoms. The summed E-state index contributed by atoms with van der Waals surface area (Å²) in [6.07, 6.45) is 0. The summed E-state index contributed by atoms with van der Waals surface area (Å²) in [6.45, 7) is 1.94. The summed E-state index contributed by atoms with van der Waals surface area (Å²) < 4.78 is 43.3. The highest BCUT2D eigenvalue weighted by molar-refractivity contribution is 5.63. The predicted molar refractivity (Wildman–Crippen MR) is 107 cm³/mol. The van der Waals surface area contributed by atoms with Crippen LogP contribution in [0.2, 0.25) is 0 Å². The lowest BCUT2D eigenvalue weighted by Gasteiger charge is -2.12. The number of hydrogen-bond acceptors (Lipinski definition) is 5. The Morgan fingerprint density at radius 1 is 0.900 bits per heavy atom. The molecule has 0 aliphatic rings. The fourth-order valence-electron chi connectivity index (χ4n) is 2.87. The summed E-state index contributed by atoms with van der Waals surface area (Å²) in [4.78, 5) is 4.44. The average Bonchev–Trinajstić information content (AvgIpc) is 3.24. The fraction of sp³-hybridized carbons (Fsp3) is 0.130. The van der Waals surface area contributed by atoms with Gasteiger partial charge in [0.15, 0.2) is 11.5 Å². The lowest BCUT2D eigenvalue weighted by Crippen LogP contribution is -2.00. The molecule has 0 atom stereocenters. The van der Waals surface area contributed by atoms with Crippen molar-refractivity contribution < 1.29 is 22.8 Å². The van der Waals surface area contributed by atoms with E-state index in [1.165, 1.54) is 19.2 Å². The van der Waals surface area contributed by atoms with Crippen LogP contribution >= 0.6 is 0 Å². The van der Waals surface area contributed by atoms with E-state index in [0.29, 0.717) is 28.8 Å². The topological polar surface area (TPSA) is 57.4 Å². The Kier molecular flexibility index (Phi) is 5.43. The van der Waals surface area contributed by atoms with E-state index in [1.807, 2.05) is 31.2 Å². The van der Waals surface area contributed by atoms with Gasteiger partial charge in [0.25, 0.3) is 5.89 Å². The minimum Gasteiger partial charge on any atom is -0.493 e. The van der Waals surface area contributed by atoms with Gasteiger partial charge in [-0.1, -0.05) is 22.9 Å². The van der Waals surface area contributed by atoms with Crippen molar-refractivity contribution in [2.75, 3.05) is 7.11 Å². The quantitative estimate of drug-likeness (QED) is 0.417. The third kappa shape index (κ3) is 4.15. The molecule has 0 radical (unpaired) electrons. The number of nitrogens with zero attached hydrogens (tertiary/aromatic N) is 2. The molecule has 7 heteroatoms. The Balaban J connectivity index is 1.54. The molecule has 0 saturated heterocycles. The maximum absolute atomic E-state index is 13.8. The van der Waals surface area contributed by atoms with Gasteiger partial charge in [0.2, 0.25) is 5.82 Å². The summed E-state index contributed by atoms with van der Waals surface area (Å²) in [5.41, 5.74) is 2.88. The van der Waals surface area contributed by atoms with Crippen molar-refractivity contribution in [1.82, 2.24) is 10.1 Å². The highest BCUT2D eigenvalue weighted by Crippen LogP contribution is 2.33. The number of ether oxygens (including phenoxy) is 2. The van der Waals surface area contributed by atoms with Crippen molar-refractivity contribution in [2.24, 2.45) is 0 Å². The third-order valence-electron chi connectivity index (χ3n) is 4.54. The van der Waals surface area contributed by atoms with Crippen LogP contribution in [0.25, 0.3) is 22.8 Å². The molecular weight excluding hydrogens is 390 g/mol. The molecule has 30 heavy (non-hydrogen) atoms. The maximum atomic E-state index is 13.8. The molecule has 1 aromatic heterocycles. The molecule has 5 nitrogen and oxygen atoms in total. The lowest BCUT2D eigenvalue weighted by atomic mass is 10.1. The van der Waals surface area contributed by atoms with E-state index in [9.17, 15) is 8.78 Å². The second kappa shape index (κ2) is 8.32. The summed E-state index contributed by atoms with van der Waals surface area (Å²) in [7, 11) is 1.50. The van der Waals surface area contributed by atoms with Crippen LogP contribution in [0.5, 0.6) is 11.5 Å². The van der Waals surface area contributed by atoms with Gasteiger partial charge in [0.05, 0.1) is 7.11 Å². The monoisotopic (exact) mass is 408 g/mol. The first-order valence-corrected chi connectivity index (χ1v) is 9.19. The van der Waals surface area contributed by atoms with Gasteiger partial charge in [-0.05, 0) is 49.4 Å². The first kappa shape index (κ1) is 19.6. The van der Waals surface area contributed by atoms with Crippen LogP contribution in [0.15, 0.2) is 65.2 Å². The second-order valence-electron chi connectivity index (χ2n) is 6.68.